The van der Waals surface area contributed by atoms with Gasteiger partial charge in [0.1, 0.15) is 12.2 Å². The van der Waals surface area contributed by atoms with Crippen molar-refractivity contribution >= 4 is 6.09 Å². The second-order valence-electron chi connectivity index (χ2n) is 5.57. The Bertz CT molecular complexity index is 444. The van der Waals surface area contributed by atoms with Crippen LogP contribution >= 0.6 is 0 Å². The molecule has 0 aromatic carbocycles. The van der Waals surface area contributed by atoms with Gasteiger partial charge in [0, 0.05) is 18.3 Å². The van der Waals surface area contributed by atoms with Gasteiger partial charge in [-0.25, -0.2) is 9.78 Å². The summed E-state index contributed by atoms with van der Waals surface area (Å²) in [7, 11) is 0. The summed E-state index contributed by atoms with van der Waals surface area (Å²) in [5, 5.41) is 11.5. The average Bonchev–Trinajstić information content (AvgIpc) is 2.40. The molecule has 0 saturated carbocycles. The fourth-order valence-electron chi connectivity index (χ4n) is 1.67. The van der Waals surface area contributed by atoms with Gasteiger partial charge in [0.25, 0.3) is 0 Å². The van der Waals surface area contributed by atoms with Gasteiger partial charge in [-0.2, -0.15) is 0 Å². The number of ether oxygens (including phenoxy) is 2. The highest BCUT2D eigenvalue weighted by Crippen LogP contribution is 2.15. The second-order valence-corrected chi connectivity index (χ2v) is 5.57. The van der Waals surface area contributed by atoms with Crippen molar-refractivity contribution in [1.82, 2.24) is 10.3 Å². The molecule has 0 saturated heterocycles. The Labute approximate surface area is 125 Å². The first-order valence-electron chi connectivity index (χ1n) is 7.07. The number of alkyl carbamates (subject to hydrolysis) is 1. The van der Waals surface area contributed by atoms with Crippen LogP contribution in [0.25, 0.3) is 0 Å². The number of amides is 1. The maximum atomic E-state index is 11.5. The fraction of sp³-hybridized carbons (Fsp3) is 0.600. The summed E-state index contributed by atoms with van der Waals surface area (Å²) in [5.74, 6) is 0.531. The van der Waals surface area contributed by atoms with Crippen LogP contribution in [0.4, 0.5) is 4.79 Å². The standard InChI is InChI=1S/C15H24N2O4/c1-15(2,3)21-14(19)17-9-5-7-12-6-4-8-16-13(12)20-11-10-18/h4,6,8,18H,5,7,9-11H2,1-3H3,(H,17,19). The topological polar surface area (TPSA) is 80.7 Å². The van der Waals surface area contributed by atoms with Gasteiger partial charge in [0.05, 0.1) is 6.61 Å². The van der Waals surface area contributed by atoms with Crippen molar-refractivity contribution in [3.63, 3.8) is 0 Å². The first kappa shape index (κ1) is 17.2. The minimum Gasteiger partial charge on any atom is -0.475 e. The Hall–Kier alpha value is -1.82. The SMILES string of the molecule is CC(C)(C)OC(=O)NCCCc1cccnc1OCCO. The van der Waals surface area contributed by atoms with Gasteiger partial charge in [-0.05, 0) is 39.7 Å². The minimum absolute atomic E-state index is 0.0454. The number of pyridine rings is 1. The van der Waals surface area contributed by atoms with Crippen molar-refractivity contribution in [2.24, 2.45) is 0 Å². The van der Waals surface area contributed by atoms with E-state index in [4.69, 9.17) is 14.6 Å². The smallest absolute Gasteiger partial charge is 0.407 e. The third-order valence-electron chi connectivity index (χ3n) is 2.47. The van der Waals surface area contributed by atoms with Gasteiger partial charge in [-0.1, -0.05) is 6.07 Å². The summed E-state index contributed by atoms with van der Waals surface area (Å²) in [5.41, 5.74) is 0.468. The maximum absolute atomic E-state index is 11.5. The Balaban J connectivity index is 2.34. The van der Waals surface area contributed by atoms with Gasteiger partial charge in [-0.15, -0.1) is 0 Å². The van der Waals surface area contributed by atoms with Gasteiger partial charge < -0.3 is 19.9 Å². The molecule has 1 rings (SSSR count). The number of hydrogen-bond donors (Lipinski definition) is 2. The van der Waals surface area contributed by atoms with E-state index in [0.717, 1.165) is 18.4 Å². The molecule has 0 unspecified atom stereocenters. The van der Waals surface area contributed by atoms with Crippen LogP contribution in [0.5, 0.6) is 5.88 Å². The van der Waals surface area contributed by atoms with Crippen LogP contribution in [0.1, 0.15) is 32.8 Å². The number of aryl methyl sites for hydroxylation is 1. The molecule has 1 aromatic heterocycles. The van der Waals surface area contributed by atoms with Crippen molar-refractivity contribution in [2.45, 2.75) is 39.2 Å². The third kappa shape index (κ3) is 7.51. The van der Waals surface area contributed by atoms with Crippen molar-refractivity contribution in [2.75, 3.05) is 19.8 Å². The van der Waals surface area contributed by atoms with Crippen molar-refractivity contribution < 1.29 is 19.4 Å². The highest BCUT2D eigenvalue weighted by atomic mass is 16.6. The zero-order chi connectivity index (χ0) is 15.7. The number of carbonyl (C=O) groups excluding carboxylic acids is 1. The van der Waals surface area contributed by atoms with Crippen molar-refractivity contribution in [1.29, 1.82) is 0 Å². The van der Waals surface area contributed by atoms with E-state index in [9.17, 15) is 4.79 Å². The molecule has 6 nitrogen and oxygen atoms in total. The number of aliphatic hydroxyl groups is 1. The normalized spacial score (nSPS) is 11.0. The summed E-state index contributed by atoms with van der Waals surface area (Å²) in [4.78, 5) is 15.6. The summed E-state index contributed by atoms with van der Waals surface area (Å²) < 4.78 is 10.5. The lowest BCUT2D eigenvalue weighted by molar-refractivity contribution is 0.0527. The van der Waals surface area contributed by atoms with E-state index in [-0.39, 0.29) is 13.2 Å². The lowest BCUT2D eigenvalue weighted by Crippen LogP contribution is -2.33. The molecule has 1 heterocycles. The quantitative estimate of drug-likeness (QED) is 0.751. The summed E-state index contributed by atoms with van der Waals surface area (Å²) in [6.45, 7) is 6.17. The molecule has 1 amide bonds. The Morgan fingerprint density at radius 1 is 1.43 bits per heavy atom. The molecular weight excluding hydrogens is 272 g/mol. The zero-order valence-corrected chi connectivity index (χ0v) is 12.9. The molecule has 0 fully saturated rings. The summed E-state index contributed by atoms with van der Waals surface area (Å²) >= 11 is 0. The van der Waals surface area contributed by atoms with E-state index in [1.165, 1.54) is 0 Å². The number of aromatic nitrogens is 1. The predicted octanol–water partition coefficient (Wildman–Crippen LogP) is 1.91. The van der Waals surface area contributed by atoms with E-state index in [0.29, 0.717) is 12.4 Å². The number of rotatable bonds is 7. The van der Waals surface area contributed by atoms with Crippen LogP contribution in [-0.2, 0) is 11.2 Å². The van der Waals surface area contributed by atoms with E-state index < -0.39 is 11.7 Å². The molecule has 1 aromatic rings. The molecule has 21 heavy (non-hydrogen) atoms. The number of nitrogens with one attached hydrogen (secondary N) is 1. The van der Waals surface area contributed by atoms with Crippen LogP contribution in [0.2, 0.25) is 0 Å². The van der Waals surface area contributed by atoms with Crippen LogP contribution in [0, 0.1) is 0 Å². The molecule has 0 radical (unpaired) electrons. The largest absolute Gasteiger partial charge is 0.475 e. The Kier molecular flexibility index (Phi) is 6.94. The number of aliphatic hydroxyl groups excluding tert-OH is 1. The van der Waals surface area contributed by atoms with Crippen LogP contribution in [0.15, 0.2) is 18.3 Å². The first-order valence-corrected chi connectivity index (χ1v) is 7.07. The first-order chi connectivity index (χ1) is 9.92. The number of nitrogens with zero attached hydrogens (tertiary/aromatic N) is 1. The highest BCUT2D eigenvalue weighted by molar-refractivity contribution is 5.67. The molecule has 0 aliphatic heterocycles. The van der Waals surface area contributed by atoms with Crippen molar-refractivity contribution in [3.8, 4) is 5.88 Å². The van der Waals surface area contributed by atoms with Crippen LogP contribution in [-0.4, -0.2) is 41.5 Å². The molecule has 0 atom stereocenters. The predicted molar refractivity (Wildman–Crippen MR) is 79.4 cm³/mol. The van der Waals surface area contributed by atoms with Gasteiger partial charge in [-0.3, -0.25) is 0 Å². The highest BCUT2D eigenvalue weighted by Gasteiger charge is 2.15. The molecule has 6 heteroatoms. The molecule has 118 valence electrons. The lowest BCUT2D eigenvalue weighted by Gasteiger charge is -2.19. The lowest BCUT2D eigenvalue weighted by atomic mass is 10.1. The van der Waals surface area contributed by atoms with Gasteiger partial charge in [0.15, 0.2) is 0 Å². The van der Waals surface area contributed by atoms with Crippen LogP contribution < -0.4 is 10.1 Å². The van der Waals surface area contributed by atoms with E-state index >= 15 is 0 Å². The maximum Gasteiger partial charge on any atom is 0.407 e. The Morgan fingerprint density at radius 3 is 2.86 bits per heavy atom. The molecule has 0 aliphatic carbocycles. The summed E-state index contributed by atoms with van der Waals surface area (Å²) in [6.07, 6.45) is 2.71. The molecule has 0 spiro atoms. The summed E-state index contributed by atoms with van der Waals surface area (Å²) in [6, 6.07) is 3.76. The average molecular weight is 296 g/mol. The fourth-order valence-corrected chi connectivity index (χ4v) is 1.67. The monoisotopic (exact) mass is 296 g/mol. The molecule has 0 bridgehead atoms. The Morgan fingerprint density at radius 2 is 2.19 bits per heavy atom. The number of hydrogen-bond acceptors (Lipinski definition) is 5. The zero-order valence-electron chi connectivity index (χ0n) is 12.9. The van der Waals surface area contributed by atoms with Crippen molar-refractivity contribution in [3.05, 3.63) is 23.9 Å². The third-order valence-corrected chi connectivity index (χ3v) is 2.47. The minimum atomic E-state index is -0.487. The molecule has 0 aliphatic rings. The molecular formula is C15H24N2O4. The molecule has 2 N–H and O–H groups in total. The second kappa shape index (κ2) is 8.46. The van der Waals surface area contributed by atoms with E-state index in [2.05, 4.69) is 10.3 Å². The van der Waals surface area contributed by atoms with E-state index in [1.54, 1.807) is 6.20 Å². The van der Waals surface area contributed by atoms with Crippen LogP contribution in [0.3, 0.4) is 0 Å². The van der Waals surface area contributed by atoms with E-state index in [1.807, 2.05) is 32.9 Å². The number of carbonyl (C=O) groups is 1. The van der Waals surface area contributed by atoms with Gasteiger partial charge >= 0.3 is 6.09 Å². The van der Waals surface area contributed by atoms with Gasteiger partial charge in [0.2, 0.25) is 5.88 Å².